The highest BCUT2D eigenvalue weighted by molar-refractivity contribution is 5.82. The highest BCUT2D eigenvalue weighted by Gasteiger charge is 2.27. The number of carbonyl (C=O) groups excluding carboxylic acids is 1. The molecule has 18 heavy (non-hydrogen) atoms. The molecule has 0 saturated carbocycles. The molecule has 1 aliphatic rings. The number of carbonyl (C=O) groups is 1. The van der Waals surface area contributed by atoms with E-state index in [2.05, 4.69) is 20.5 Å². The standard InChI is InChI=1S/C13H20N4O/c1-14-9-12-13(18)16-7-4-8-17(12)10-11-5-2-3-6-15-11/h2-3,5-6,12,14H,4,7-10H2,1H3,(H,16,18). The van der Waals surface area contributed by atoms with Crippen molar-refractivity contribution in [3.05, 3.63) is 30.1 Å². The van der Waals surface area contributed by atoms with Crippen LogP contribution in [0.1, 0.15) is 12.1 Å². The van der Waals surface area contributed by atoms with Crippen LogP contribution in [0.25, 0.3) is 0 Å². The Bertz CT molecular complexity index is 382. The Morgan fingerprint density at radius 1 is 1.56 bits per heavy atom. The van der Waals surface area contributed by atoms with E-state index in [1.54, 1.807) is 6.20 Å². The molecule has 1 unspecified atom stereocenters. The Labute approximate surface area is 108 Å². The second kappa shape index (κ2) is 6.47. The van der Waals surface area contributed by atoms with Crippen molar-refractivity contribution in [2.45, 2.75) is 19.0 Å². The third-order valence-electron chi connectivity index (χ3n) is 3.15. The van der Waals surface area contributed by atoms with Gasteiger partial charge in [0.25, 0.3) is 0 Å². The van der Waals surface area contributed by atoms with Gasteiger partial charge in [-0.05, 0) is 25.6 Å². The normalized spacial score (nSPS) is 21.4. The van der Waals surface area contributed by atoms with Crippen LogP contribution in [0.15, 0.2) is 24.4 Å². The van der Waals surface area contributed by atoms with Crippen molar-refractivity contribution in [1.82, 2.24) is 20.5 Å². The van der Waals surface area contributed by atoms with Gasteiger partial charge in [-0.15, -0.1) is 0 Å². The molecule has 5 nitrogen and oxygen atoms in total. The molecule has 0 radical (unpaired) electrons. The topological polar surface area (TPSA) is 57.3 Å². The van der Waals surface area contributed by atoms with Crippen molar-refractivity contribution in [2.24, 2.45) is 0 Å². The van der Waals surface area contributed by atoms with E-state index in [-0.39, 0.29) is 11.9 Å². The zero-order valence-electron chi connectivity index (χ0n) is 10.7. The monoisotopic (exact) mass is 248 g/mol. The first-order chi connectivity index (χ1) is 8.81. The van der Waals surface area contributed by atoms with Gasteiger partial charge in [-0.2, -0.15) is 0 Å². The number of hydrogen-bond acceptors (Lipinski definition) is 4. The second-order valence-corrected chi connectivity index (χ2v) is 4.51. The van der Waals surface area contributed by atoms with Crippen LogP contribution in [0.5, 0.6) is 0 Å². The first kappa shape index (κ1) is 13.0. The largest absolute Gasteiger partial charge is 0.355 e. The molecule has 2 heterocycles. The summed E-state index contributed by atoms with van der Waals surface area (Å²) in [6.07, 6.45) is 2.78. The Balaban J connectivity index is 2.09. The van der Waals surface area contributed by atoms with E-state index in [9.17, 15) is 4.79 Å². The fourth-order valence-electron chi connectivity index (χ4n) is 2.24. The van der Waals surface area contributed by atoms with E-state index < -0.39 is 0 Å². The number of aromatic nitrogens is 1. The van der Waals surface area contributed by atoms with Gasteiger partial charge in [-0.3, -0.25) is 14.7 Å². The summed E-state index contributed by atoms with van der Waals surface area (Å²) >= 11 is 0. The molecule has 1 amide bonds. The molecule has 1 fully saturated rings. The maximum absolute atomic E-state index is 12.0. The number of likely N-dealkylation sites (N-methyl/N-ethyl adjacent to an activating group) is 1. The smallest absolute Gasteiger partial charge is 0.238 e. The van der Waals surface area contributed by atoms with E-state index in [1.165, 1.54) is 0 Å². The summed E-state index contributed by atoms with van der Waals surface area (Å²) in [5.74, 6) is 0.109. The first-order valence-corrected chi connectivity index (χ1v) is 6.37. The van der Waals surface area contributed by atoms with E-state index in [0.29, 0.717) is 6.54 Å². The minimum absolute atomic E-state index is 0.109. The predicted molar refractivity (Wildman–Crippen MR) is 70.0 cm³/mol. The maximum atomic E-state index is 12.0. The van der Waals surface area contributed by atoms with Gasteiger partial charge in [0.15, 0.2) is 0 Å². The number of amides is 1. The molecule has 0 aromatic carbocycles. The number of nitrogens with one attached hydrogen (secondary N) is 2. The van der Waals surface area contributed by atoms with E-state index in [4.69, 9.17) is 0 Å². The number of rotatable bonds is 4. The van der Waals surface area contributed by atoms with E-state index >= 15 is 0 Å². The molecule has 98 valence electrons. The van der Waals surface area contributed by atoms with Crippen LogP contribution in [-0.4, -0.2) is 48.5 Å². The maximum Gasteiger partial charge on any atom is 0.238 e. The summed E-state index contributed by atoms with van der Waals surface area (Å²) in [5, 5.41) is 6.04. The van der Waals surface area contributed by atoms with Gasteiger partial charge in [0.1, 0.15) is 6.04 Å². The molecule has 0 spiro atoms. The molecular formula is C13H20N4O. The molecule has 1 atom stereocenters. The van der Waals surface area contributed by atoms with Gasteiger partial charge in [0.05, 0.1) is 5.69 Å². The van der Waals surface area contributed by atoms with Crippen LogP contribution >= 0.6 is 0 Å². The number of nitrogens with zero attached hydrogens (tertiary/aromatic N) is 2. The highest BCUT2D eigenvalue weighted by atomic mass is 16.2. The zero-order chi connectivity index (χ0) is 12.8. The van der Waals surface area contributed by atoms with E-state index in [0.717, 1.165) is 31.7 Å². The van der Waals surface area contributed by atoms with Crippen molar-refractivity contribution < 1.29 is 4.79 Å². The molecule has 1 aromatic rings. The second-order valence-electron chi connectivity index (χ2n) is 4.51. The molecule has 0 bridgehead atoms. The minimum atomic E-state index is -0.112. The van der Waals surface area contributed by atoms with Crippen molar-refractivity contribution >= 4 is 5.91 Å². The van der Waals surface area contributed by atoms with Gasteiger partial charge in [-0.25, -0.2) is 0 Å². The molecule has 1 aliphatic heterocycles. The Hall–Kier alpha value is -1.46. The van der Waals surface area contributed by atoms with E-state index in [1.807, 2.05) is 25.2 Å². The quantitative estimate of drug-likeness (QED) is 0.787. The Morgan fingerprint density at radius 3 is 3.17 bits per heavy atom. The summed E-state index contributed by atoms with van der Waals surface area (Å²) < 4.78 is 0. The van der Waals surface area contributed by atoms with Crippen LogP contribution in [0.2, 0.25) is 0 Å². The summed E-state index contributed by atoms with van der Waals surface area (Å²) in [4.78, 5) is 18.5. The van der Waals surface area contributed by atoms with Crippen LogP contribution < -0.4 is 10.6 Å². The third kappa shape index (κ3) is 3.27. The summed E-state index contributed by atoms with van der Waals surface area (Å²) in [6, 6.07) is 5.77. The molecule has 2 N–H and O–H groups in total. The van der Waals surface area contributed by atoms with Gasteiger partial charge in [0.2, 0.25) is 5.91 Å². The van der Waals surface area contributed by atoms with Crippen molar-refractivity contribution in [3.63, 3.8) is 0 Å². The van der Waals surface area contributed by atoms with Gasteiger partial charge < -0.3 is 10.6 Å². The minimum Gasteiger partial charge on any atom is -0.355 e. The summed E-state index contributed by atoms with van der Waals surface area (Å²) in [6.45, 7) is 3.07. The molecule has 1 aromatic heterocycles. The van der Waals surface area contributed by atoms with Gasteiger partial charge in [-0.1, -0.05) is 6.07 Å². The SMILES string of the molecule is CNCC1C(=O)NCCCN1Cc1ccccn1. The zero-order valence-corrected chi connectivity index (χ0v) is 10.7. The Morgan fingerprint density at radius 2 is 2.44 bits per heavy atom. The lowest BCUT2D eigenvalue weighted by Crippen LogP contribution is -2.49. The molecule has 2 rings (SSSR count). The highest BCUT2D eigenvalue weighted by Crippen LogP contribution is 2.09. The predicted octanol–water partition coefficient (Wildman–Crippen LogP) is -0.00850. The molecule has 1 saturated heterocycles. The Kier molecular flexibility index (Phi) is 4.66. The van der Waals surface area contributed by atoms with Gasteiger partial charge in [0, 0.05) is 32.4 Å². The molecule has 0 aliphatic carbocycles. The summed E-state index contributed by atoms with van der Waals surface area (Å²) in [5.41, 5.74) is 1.01. The summed E-state index contributed by atoms with van der Waals surface area (Å²) in [7, 11) is 1.87. The van der Waals surface area contributed by atoms with Crippen molar-refractivity contribution in [2.75, 3.05) is 26.7 Å². The van der Waals surface area contributed by atoms with Crippen LogP contribution in [-0.2, 0) is 11.3 Å². The average Bonchev–Trinajstić information content (AvgIpc) is 2.56. The molecule has 5 heteroatoms. The van der Waals surface area contributed by atoms with Crippen molar-refractivity contribution in [3.8, 4) is 0 Å². The fraction of sp³-hybridized carbons (Fsp3) is 0.538. The molecular weight excluding hydrogens is 228 g/mol. The lowest BCUT2D eigenvalue weighted by atomic mass is 10.2. The van der Waals surface area contributed by atoms with Crippen LogP contribution in [0.3, 0.4) is 0 Å². The lowest BCUT2D eigenvalue weighted by Gasteiger charge is -2.27. The lowest BCUT2D eigenvalue weighted by molar-refractivity contribution is -0.125. The number of pyridine rings is 1. The third-order valence-corrected chi connectivity index (χ3v) is 3.15. The van der Waals surface area contributed by atoms with Gasteiger partial charge >= 0.3 is 0 Å². The van der Waals surface area contributed by atoms with Crippen LogP contribution in [0.4, 0.5) is 0 Å². The fourth-order valence-corrected chi connectivity index (χ4v) is 2.24. The van der Waals surface area contributed by atoms with Crippen LogP contribution in [0, 0.1) is 0 Å². The first-order valence-electron chi connectivity index (χ1n) is 6.37. The average molecular weight is 248 g/mol. The van der Waals surface area contributed by atoms with Crippen molar-refractivity contribution in [1.29, 1.82) is 0 Å². The number of hydrogen-bond donors (Lipinski definition) is 2.